The van der Waals surface area contributed by atoms with Gasteiger partial charge in [-0.2, -0.15) is 0 Å². The van der Waals surface area contributed by atoms with Crippen molar-refractivity contribution < 1.29 is 4.79 Å². The largest absolute Gasteiger partial charge is 0.346 e. The Labute approximate surface area is 137 Å². The molecule has 1 aromatic carbocycles. The molecular weight excluding hydrogens is 342 g/mol. The minimum absolute atomic E-state index is 0.0846. The number of halogens is 1. The summed E-state index contributed by atoms with van der Waals surface area (Å²) < 4.78 is 2.97. The molecule has 1 N–H and O–H groups in total. The van der Waals surface area contributed by atoms with Crippen molar-refractivity contribution in [3.63, 3.8) is 0 Å². The number of imidazole rings is 1. The van der Waals surface area contributed by atoms with Crippen LogP contribution in [0.2, 0.25) is 0 Å². The number of nitrogens with zero attached hydrogens (tertiary/aromatic N) is 2. The van der Waals surface area contributed by atoms with E-state index in [1.807, 2.05) is 61.0 Å². The summed E-state index contributed by atoms with van der Waals surface area (Å²) in [6.07, 6.45) is 3.89. The summed E-state index contributed by atoms with van der Waals surface area (Å²) in [6, 6.07) is 9.57. The van der Waals surface area contributed by atoms with Crippen LogP contribution in [-0.4, -0.2) is 15.3 Å². The molecule has 0 aliphatic rings. The third-order valence-corrected chi connectivity index (χ3v) is 3.90. The van der Waals surface area contributed by atoms with E-state index in [9.17, 15) is 4.79 Å². The maximum absolute atomic E-state index is 12.2. The fraction of sp³-hybridized carbons (Fsp3) is 0.176. The Balaban J connectivity index is 1.76. The first-order valence-corrected chi connectivity index (χ1v) is 7.81. The fourth-order valence-corrected chi connectivity index (χ4v) is 2.98. The molecule has 2 aromatic heterocycles. The first-order chi connectivity index (χ1) is 10.5. The minimum atomic E-state index is -0.0846. The van der Waals surface area contributed by atoms with Gasteiger partial charge in [-0.25, -0.2) is 4.98 Å². The zero-order chi connectivity index (χ0) is 15.7. The lowest BCUT2D eigenvalue weighted by atomic mass is 10.1. The molecule has 1 amide bonds. The summed E-state index contributed by atoms with van der Waals surface area (Å²) in [5, 5.41) is 2.91. The molecule has 4 nitrogen and oxygen atoms in total. The molecule has 0 saturated heterocycles. The van der Waals surface area contributed by atoms with Crippen LogP contribution in [0.1, 0.15) is 27.2 Å². The third kappa shape index (κ3) is 3.04. The number of hydrogen-bond acceptors (Lipinski definition) is 2. The van der Waals surface area contributed by atoms with Crippen molar-refractivity contribution >= 4 is 27.5 Å². The predicted octanol–water partition coefficient (Wildman–Crippen LogP) is 3.64. The number of hydrogen-bond donors (Lipinski definition) is 1. The van der Waals surface area contributed by atoms with Crippen molar-refractivity contribution in [2.24, 2.45) is 0 Å². The summed E-state index contributed by atoms with van der Waals surface area (Å²) in [4.78, 5) is 16.7. The van der Waals surface area contributed by atoms with E-state index in [2.05, 4.69) is 26.2 Å². The third-order valence-electron chi connectivity index (χ3n) is 3.46. The highest BCUT2D eigenvalue weighted by Crippen LogP contribution is 2.17. The highest BCUT2D eigenvalue weighted by Gasteiger charge is 2.08. The van der Waals surface area contributed by atoms with Crippen LogP contribution in [0, 0.1) is 13.8 Å². The summed E-state index contributed by atoms with van der Waals surface area (Å²) in [6.45, 7) is 4.40. The van der Waals surface area contributed by atoms with Crippen LogP contribution in [0.25, 0.3) is 5.65 Å². The van der Waals surface area contributed by atoms with E-state index >= 15 is 0 Å². The Hall–Kier alpha value is -2.14. The molecular formula is C17H16BrN3O. The number of pyridine rings is 1. The predicted molar refractivity (Wildman–Crippen MR) is 90.0 cm³/mol. The van der Waals surface area contributed by atoms with E-state index in [0.29, 0.717) is 12.1 Å². The molecule has 3 aromatic rings. The lowest BCUT2D eigenvalue weighted by Crippen LogP contribution is -2.22. The molecule has 0 aliphatic carbocycles. The molecule has 112 valence electrons. The van der Waals surface area contributed by atoms with Gasteiger partial charge in [0.2, 0.25) is 0 Å². The van der Waals surface area contributed by atoms with E-state index in [1.165, 1.54) is 0 Å². The number of benzene rings is 1. The van der Waals surface area contributed by atoms with Crippen molar-refractivity contribution in [3.8, 4) is 0 Å². The maximum Gasteiger partial charge on any atom is 0.251 e. The topological polar surface area (TPSA) is 46.4 Å². The SMILES string of the molecule is Cc1cccc(C(=O)NCc2cn3cc(Br)cc(C)c3n2)c1. The van der Waals surface area contributed by atoms with E-state index in [-0.39, 0.29) is 5.91 Å². The van der Waals surface area contributed by atoms with Gasteiger partial charge in [-0.3, -0.25) is 4.79 Å². The molecule has 0 aliphatic heterocycles. The van der Waals surface area contributed by atoms with Gasteiger partial charge in [-0.1, -0.05) is 17.7 Å². The average molecular weight is 358 g/mol. The zero-order valence-electron chi connectivity index (χ0n) is 12.4. The minimum Gasteiger partial charge on any atom is -0.346 e. The smallest absolute Gasteiger partial charge is 0.251 e. The number of amides is 1. The highest BCUT2D eigenvalue weighted by molar-refractivity contribution is 9.10. The van der Waals surface area contributed by atoms with E-state index in [0.717, 1.165) is 26.9 Å². The molecule has 22 heavy (non-hydrogen) atoms. The Morgan fingerprint density at radius 3 is 2.86 bits per heavy atom. The first kappa shape index (κ1) is 14.8. The van der Waals surface area contributed by atoms with Crippen LogP contribution in [-0.2, 0) is 6.54 Å². The van der Waals surface area contributed by atoms with Crippen molar-refractivity contribution in [2.75, 3.05) is 0 Å². The normalized spacial score (nSPS) is 10.9. The Morgan fingerprint density at radius 1 is 1.27 bits per heavy atom. The van der Waals surface area contributed by atoms with Crippen molar-refractivity contribution in [3.05, 3.63) is 69.6 Å². The van der Waals surface area contributed by atoms with Crippen LogP contribution in [0.15, 0.2) is 47.2 Å². The van der Waals surface area contributed by atoms with E-state index in [1.54, 1.807) is 0 Å². The number of fused-ring (bicyclic) bond motifs is 1. The second-order valence-electron chi connectivity index (χ2n) is 5.36. The fourth-order valence-electron chi connectivity index (χ4n) is 2.42. The van der Waals surface area contributed by atoms with Gasteiger partial charge in [0, 0.05) is 22.4 Å². The second kappa shape index (κ2) is 5.93. The molecule has 3 rings (SSSR count). The molecule has 0 radical (unpaired) electrons. The molecule has 5 heteroatoms. The van der Waals surface area contributed by atoms with Gasteiger partial charge in [-0.15, -0.1) is 0 Å². The number of rotatable bonds is 3. The quantitative estimate of drug-likeness (QED) is 0.777. The maximum atomic E-state index is 12.2. The summed E-state index contributed by atoms with van der Waals surface area (Å²) in [5.74, 6) is -0.0846. The van der Waals surface area contributed by atoms with Crippen LogP contribution >= 0.6 is 15.9 Å². The number of aromatic nitrogens is 2. The summed E-state index contributed by atoms with van der Waals surface area (Å²) >= 11 is 3.47. The Bertz CT molecular complexity index is 854. The van der Waals surface area contributed by atoms with Gasteiger partial charge >= 0.3 is 0 Å². The number of carbonyl (C=O) groups excluding carboxylic acids is 1. The Kier molecular flexibility index (Phi) is 3.98. The number of aryl methyl sites for hydroxylation is 2. The molecule has 0 spiro atoms. The molecule has 0 fully saturated rings. The zero-order valence-corrected chi connectivity index (χ0v) is 14.0. The van der Waals surface area contributed by atoms with E-state index < -0.39 is 0 Å². The summed E-state index contributed by atoms with van der Waals surface area (Å²) in [5.41, 5.74) is 4.57. The molecule has 0 saturated carbocycles. The first-order valence-electron chi connectivity index (χ1n) is 7.01. The van der Waals surface area contributed by atoms with Crippen LogP contribution < -0.4 is 5.32 Å². The van der Waals surface area contributed by atoms with Gasteiger partial charge in [0.15, 0.2) is 0 Å². The van der Waals surface area contributed by atoms with E-state index in [4.69, 9.17) is 0 Å². The average Bonchev–Trinajstić information content (AvgIpc) is 2.88. The number of nitrogens with one attached hydrogen (secondary N) is 1. The molecule has 0 bridgehead atoms. The van der Waals surface area contributed by atoms with Crippen LogP contribution in [0.4, 0.5) is 0 Å². The van der Waals surface area contributed by atoms with Crippen molar-refractivity contribution in [1.29, 1.82) is 0 Å². The number of carbonyl (C=O) groups is 1. The summed E-state index contributed by atoms with van der Waals surface area (Å²) in [7, 11) is 0. The molecule has 2 heterocycles. The molecule has 0 atom stereocenters. The lowest BCUT2D eigenvalue weighted by molar-refractivity contribution is 0.0950. The van der Waals surface area contributed by atoms with Gasteiger partial charge in [0.25, 0.3) is 5.91 Å². The lowest BCUT2D eigenvalue weighted by Gasteiger charge is -2.03. The highest BCUT2D eigenvalue weighted by atomic mass is 79.9. The van der Waals surface area contributed by atoms with Gasteiger partial charge in [-0.05, 0) is 53.5 Å². The monoisotopic (exact) mass is 357 g/mol. The Morgan fingerprint density at radius 2 is 2.09 bits per heavy atom. The standard InChI is InChI=1S/C17H16BrN3O/c1-11-4-3-5-13(6-11)17(22)19-8-15-10-21-9-14(18)7-12(2)16(21)20-15/h3-7,9-10H,8H2,1-2H3,(H,19,22). The van der Waals surface area contributed by atoms with Crippen molar-refractivity contribution in [2.45, 2.75) is 20.4 Å². The van der Waals surface area contributed by atoms with Gasteiger partial charge in [0.05, 0.1) is 12.2 Å². The van der Waals surface area contributed by atoms with Gasteiger partial charge in [0.1, 0.15) is 5.65 Å². The molecule has 0 unspecified atom stereocenters. The van der Waals surface area contributed by atoms with Gasteiger partial charge < -0.3 is 9.72 Å². The van der Waals surface area contributed by atoms with Crippen molar-refractivity contribution in [1.82, 2.24) is 14.7 Å². The van der Waals surface area contributed by atoms with Crippen LogP contribution in [0.5, 0.6) is 0 Å². The van der Waals surface area contributed by atoms with Crippen LogP contribution in [0.3, 0.4) is 0 Å². The second-order valence-corrected chi connectivity index (χ2v) is 6.27.